The maximum atomic E-state index is 10.3. The summed E-state index contributed by atoms with van der Waals surface area (Å²) >= 11 is 0. The van der Waals surface area contributed by atoms with Crippen LogP contribution in [0.3, 0.4) is 0 Å². The molecule has 5 heteroatoms. The second kappa shape index (κ2) is 5.84. The predicted molar refractivity (Wildman–Crippen MR) is 121 cm³/mol. The Bertz CT molecular complexity index is 739. The Balaban J connectivity index is 2.10. The van der Waals surface area contributed by atoms with Crippen LogP contribution in [-0.2, 0) is 8.85 Å². The van der Waals surface area contributed by atoms with Gasteiger partial charge in [0.05, 0.1) is 23.2 Å². The fourth-order valence-corrected chi connectivity index (χ4v) is 8.60. The number of rotatable bonds is 4. The zero-order valence-electron chi connectivity index (χ0n) is 20.0. The van der Waals surface area contributed by atoms with E-state index in [0.29, 0.717) is 0 Å². The van der Waals surface area contributed by atoms with Gasteiger partial charge in [-0.25, -0.2) is 0 Å². The molecule has 5 unspecified atom stereocenters. The third kappa shape index (κ3) is 2.50. The second-order valence-corrected chi connectivity index (χ2v) is 22.2. The molecule has 0 aliphatic heterocycles. The van der Waals surface area contributed by atoms with Crippen molar-refractivity contribution in [1.82, 2.24) is 0 Å². The van der Waals surface area contributed by atoms with E-state index >= 15 is 0 Å². The minimum Gasteiger partial charge on any atom is -0.407 e. The standard InChI is InChI=1S/C23H41NO2Si2/c1-19(2,3)27(8,9)25-22-14-15-23(26-28(10,11)20(4,5)6)18(16-24)17(22)12-13-21(22,23)7/h14-15,17-18H,12-13H2,1-11H3. The van der Waals surface area contributed by atoms with Crippen LogP contribution in [0.1, 0.15) is 61.3 Å². The Morgan fingerprint density at radius 2 is 1.32 bits per heavy atom. The van der Waals surface area contributed by atoms with E-state index in [-0.39, 0.29) is 32.9 Å². The van der Waals surface area contributed by atoms with E-state index in [1.54, 1.807) is 0 Å². The molecule has 0 saturated heterocycles. The van der Waals surface area contributed by atoms with Crippen molar-refractivity contribution in [1.29, 1.82) is 5.26 Å². The number of hydrogen-bond donors (Lipinski definition) is 0. The summed E-state index contributed by atoms with van der Waals surface area (Å²) in [6.07, 6.45) is 6.72. The Kier molecular flexibility index (Phi) is 4.65. The molecule has 28 heavy (non-hydrogen) atoms. The van der Waals surface area contributed by atoms with Crippen molar-refractivity contribution in [3.05, 3.63) is 12.2 Å². The van der Waals surface area contributed by atoms with Gasteiger partial charge in [-0.1, -0.05) is 60.6 Å². The van der Waals surface area contributed by atoms with E-state index in [9.17, 15) is 5.26 Å². The average molecular weight is 420 g/mol. The van der Waals surface area contributed by atoms with Crippen LogP contribution in [0.15, 0.2) is 12.2 Å². The normalized spacial score (nSPS) is 40.2. The molecule has 3 rings (SSSR count). The van der Waals surface area contributed by atoms with E-state index in [1.807, 2.05) is 0 Å². The van der Waals surface area contributed by atoms with Crippen LogP contribution in [0.4, 0.5) is 0 Å². The molecular weight excluding hydrogens is 378 g/mol. The van der Waals surface area contributed by atoms with E-state index in [2.05, 4.69) is 92.9 Å². The minimum atomic E-state index is -2.05. The monoisotopic (exact) mass is 419 g/mol. The van der Waals surface area contributed by atoms with E-state index < -0.39 is 22.2 Å². The molecule has 2 fully saturated rings. The van der Waals surface area contributed by atoms with Crippen molar-refractivity contribution < 1.29 is 8.85 Å². The third-order valence-electron chi connectivity index (χ3n) is 9.27. The fraction of sp³-hybridized carbons (Fsp3) is 0.870. The van der Waals surface area contributed by atoms with Gasteiger partial charge in [0.2, 0.25) is 0 Å². The van der Waals surface area contributed by atoms with Gasteiger partial charge in [0.15, 0.2) is 16.6 Å². The van der Waals surface area contributed by atoms with Gasteiger partial charge in [0, 0.05) is 11.3 Å². The van der Waals surface area contributed by atoms with Gasteiger partial charge in [0.25, 0.3) is 0 Å². The summed E-state index contributed by atoms with van der Waals surface area (Å²) in [4.78, 5) is 0. The van der Waals surface area contributed by atoms with Crippen molar-refractivity contribution in [2.75, 3.05) is 0 Å². The van der Waals surface area contributed by atoms with Gasteiger partial charge < -0.3 is 8.85 Å². The second-order valence-electron chi connectivity index (χ2n) is 12.7. The largest absolute Gasteiger partial charge is 0.407 e. The molecule has 3 nitrogen and oxygen atoms in total. The van der Waals surface area contributed by atoms with Crippen LogP contribution in [0.25, 0.3) is 0 Å². The Hall–Kier alpha value is -0.416. The molecule has 0 amide bonds. The minimum absolute atomic E-state index is 0.110. The average Bonchev–Trinajstić information content (AvgIpc) is 2.95. The topological polar surface area (TPSA) is 42.2 Å². The first kappa shape index (κ1) is 22.3. The van der Waals surface area contributed by atoms with E-state index in [0.717, 1.165) is 12.8 Å². The van der Waals surface area contributed by atoms with E-state index in [1.165, 1.54) is 0 Å². The summed E-state index contributed by atoms with van der Waals surface area (Å²) in [5.41, 5.74) is -1.01. The highest BCUT2D eigenvalue weighted by atomic mass is 28.4. The molecule has 5 atom stereocenters. The molecule has 158 valence electrons. The third-order valence-corrected chi connectivity index (χ3v) is 18.2. The molecule has 0 N–H and O–H groups in total. The van der Waals surface area contributed by atoms with Gasteiger partial charge in [-0.3, -0.25) is 0 Å². The zero-order chi connectivity index (χ0) is 21.6. The van der Waals surface area contributed by atoms with Crippen molar-refractivity contribution in [3.63, 3.8) is 0 Å². The van der Waals surface area contributed by atoms with Gasteiger partial charge in [-0.15, -0.1) is 0 Å². The Labute approximate surface area is 175 Å². The lowest BCUT2D eigenvalue weighted by atomic mass is 9.69. The van der Waals surface area contributed by atoms with Crippen LogP contribution in [-0.4, -0.2) is 27.8 Å². The lowest BCUT2D eigenvalue weighted by molar-refractivity contribution is -0.0634. The highest BCUT2D eigenvalue weighted by molar-refractivity contribution is 6.74. The number of nitrogens with zero attached hydrogens (tertiary/aromatic N) is 1. The molecule has 4 bridgehead atoms. The molecule has 0 spiro atoms. The lowest BCUT2D eigenvalue weighted by Crippen LogP contribution is -2.59. The van der Waals surface area contributed by atoms with Crippen LogP contribution >= 0.6 is 0 Å². The Morgan fingerprint density at radius 1 is 0.893 bits per heavy atom. The number of nitriles is 1. The summed E-state index contributed by atoms with van der Waals surface area (Å²) in [6, 6.07) is 2.70. The smallest absolute Gasteiger partial charge is 0.193 e. The summed E-state index contributed by atoms with van der Waals surface area (Å²) in [5, 5.41) is 10.5. The number of hydrogen-bond acceptors (Lipinski definition) is 3. The predicted octanol–water partition coefficient (Wildman–Crippen LogP) is 6.65. The quantitative estimate of drug-likeness (QED) is 0.378. The van der Waals surface area contributed by atoms with Gasteiger partial charge in [-0.05, 0) is 49.1 Å². The highest BCUT2D eigenvalue weighted by Crippen LogP contribution is 2.76. The van der Waals surface area contributed by atoms with Gasteiger partial charge in [-0.2, -0.15) is 5.26 Å². The van der Waals surface area contributed by atoms with Gasteiger partial charge >= 0.3 is 0 Å². The molecule has 0 aromatic rings. The molecule has 3 aliphatic rings. The molecule has 3 aliphatic carbocycles. The molecule has 0 aromatic carbocycles. The first-order valence-electron chi connectivity index (χ1n) is 10.9. The maximum absolute atomic E-state index is 10.3. The maximum Gasteiger partial charge on any atom is 0.193 e. The van der Waals surface area contributed by atoms with Crippen LogP contribution in [0.5, 0.6) is 0 Å². The first-order valence-corrected chi connectivity index (χ1v) is 16.7. The van der Waals surface area contributed by atoms with E-state index in [4.69, 9.17) is 8.85 Å². The van der Waals surface area contributed by atoms with Crippen molar-refractivity contribution >= 4 is 16.6 Å². The molecule has 0 heterocycles. The highest BCUT2D eigenvalue weighted by Gasteiger charge is 2.81. The van der Waals surface area contributed by atoms with Crippen LogP contribution in [0, 0.1) is 28.6 Å². The van der Waals surface area contributed by atoms with Gasteiger partial charge in [0.1, 0.15) is 0 Å². The fourth-order valence-electron chi connectivity index (χ4n) is 5.43. The summed E-state index contributed by atoms with van der Waals surface area (Å²) in [6.45, 7) is 25.4. The van der Waals surface area contributed by atoms with Crippen molar-refractivity contribution in [2.45, 2.75) is 109 Å². The molecule has 0 aromatic heterocycles. The van der Waals surface area contributed by atoms with Crippen LogP contribution in [0.2, 0.25) is 36.3 Å². The summed E-state index contributed by atoms with van der Waals surface area (Å²) in [7, 11) is -4.06. The lowest BCUT2D eigenvalue weighted by Gasteiger charge is -2.52. The molecule has 2 saturated carbocycles. The summed E-state index contributed by atoms with van der Waals surface area (Å²) in [5.74, 6) is 0.126. The Morgan fingerprint density at radius 3 is 1.75 bits per heavy atom. The van der Waals surface area contributed by atoms with Crippen molar-refractivity contribution in [3.8, 4) is 6.07 Å². The van der Waals surface area contributed by atoms with Crippen LogP contribution < -0.4 is 0 Å². The first-order chi connectivity index (χ1) is 12.4. The van der Waals surface area contributed by atoms with Crippen molar-refractivity contribution in [2.24, 2.45) is 17.3 Å². The molecule has 0 radical (unpaired) electrons. The summed E-state index contributed by atoms with van der Waals surface area (Å²) < 4.78 is 14.4. The molecular formula is C23H41NO2Si2. The SMILES string of the molecule is CC12CCC3C(C#N)C1(O[Si](C)(C)C(C)(C)C)C=CC32O[Si](C)(C)C(C)(C)C. The zero-order valence-corrected chi connectivity index (χ0v) is 22.0.